The van der Waals surface area contributed by atoms with E-state index in [0.717, 1.165) is 41.4 Å². The molecule has 0 spiro atoms. The fourth-order valence-corrected chi connectivity index (χ4v) is 4.35. The molecule has 1 N–H and O–H groups in total. The molecule has 2 aliphatic heterocycles. The molecule has 7 heteroatoms. The average molecular weight is 376 g/mol. The SMILES string of the molecule is COC(=O)N1CCCC[C@H]1C(=O)N1CCc2[nH]c3c(Cl)cccc3c2C1. The number of aromatic nitrogens is 1. The normalized spacial score (nSPS) is 20.2. The molecule has 0 bridgehead atoms. The van der Waals surface area contributed by atoms with Crippen LogP contribution in [-0.2, 0) is 22.5 Å². The molecular formula is C19H22ClN3O3. The number of carbonyl (C=O) groups is 2. The highest BCUT2D eigenvalue weighted by Crippen LogP contribution is 2.32. The third kappa shape index (κ3) is 2.82. The Kier molecular flexibility index (Phi) is 4.53. The maximum atomic E-state index is 13.2. The smallest absolute Gasteiger partial charge is 0.410 e. The summed E-state index contributed by atoms with van der Waals surface area (Å²) in [5, 5.41) is 1.76. The first kappa shape index (κ1) is 17.2. The number of hydrogen-bond acceptors (Lipinski definition) is 3. The molecule has 0 unspecified atom stereocenters. The number of halogens is 1. The molecule has 1 fully saturated rings. The van der Waals surface area contributed by atoms with Crippen molar-refractivity contribution in [1.29, 1.82) is 0 Å². The lowest BCUT2D eigenvalue weighted by Crippen LogP contribution is -2.53. The Morgan fingerprint density at radius 2 is 2.12 bits per heavy atom. The molecule has 2 amide bonds. The van der Waals surface area contributed by atoms with Crippen molar-refractivity contribution in [3.63, 3.8) is 0 Å². The van der Waals surface area contributed by atoms with E-state index in [1.807, 2.05) is 23.1 Å². The summed E-state index contributed by atoms with van der Waals surface area (Å²) in [6.45, 7) is 1.76. The van der Waals surface area contributed by atoms with Gasteiger partial charge in [0.2, 0.25) is 5.91 Å². The number of hydrogen-bond donors (Lipinski definition) is 1. The highest BCUT2D eigenvalue weighted by atomic mass is 35.5. The predicted molar refractivity (Wildman–Crippen MR) is 99.2 cm³/mol. The fourth-order valence-electron chi connectivity index (χ4n) is 4.13. The number of rotatable bonds is 1. The number of piperidine rings is 1. The first-order valence-corrected chi connectivity index (χ1v) is 9.39. The van der Waals surface area contributed by atoms with Gasteiger partial charge in [0, 0.05) is 42.7 Å². The summed E-state index contributed by atoms with van der Waals surface area (Å²) >= 11 is 6.30. The number of fused-ring (bicyclic) bond motifs is 3. The van der Waals surface area contributed by atoms with Gasteiger partial charge in [-0.3, -0.25) is 9.69 Å². The number of amides is 2. The number of nitrogens with zero attached hydrogens (tertiary/aromatic N) is 2. The fraction of sp³-hybridized carbons (Fsp3) is 0.474. The molecule has 1 atom stereocenters. The van der Waals surface area contributed by atoms with E-state index < -0.39 is 12.1 Å². The number of benzene rings is 1. The minimum Gasteiger partial charge on any atom is -0.453 e. The van der Waals surface area contributed by atoms with Crippen molar-refractivity contribution in [1.82, 2.24) is 14.8 Å². The molecule has 0 saturated carbocycles. The maximum absolute atomic E-state index is 13.2. The Morgan fingerprint density at radius 1 is 1.27 bits per heavy atom. The summed E-state index contributed by atoms with van der Waals surface area (Å²) in [6.07, 6.45) is 2.89. The van der Waals surface area contributed by atoms with Gasteiger partial charge in [0.15, 0.2) is 0 Å². The number of para-hydroxylation sites is 1. The van der Waals surface area contributed by atoms with E-state index in [1.54, 1.807) is 4.90 Å². The minimum atomic E-state index is -0.424. The van der Waals surface area contributed by atoms with Crippen molar-refractivity contribution in [3.05, 3.63) is 34.5 Å². The van der Waals surface area contributed by atoms with Crippen LogP contribution in [0, 0.1) is 0 Å². The van der Waals surface area contributed by atoms with Crippen LogP contribution >= 0.6 is 11.6 Å². The molecule has 1 saturated heterocycles. The monoisotopic (exact) mass is 375 g/mol. The van der Waals surface area contributed by atoms with E-state index in [2.05, 4.69) is 4.98 Å². The molecule has 0 radical (unpaired) electrons. The molecule has 4 rings (SSSR count). The van der Waals surface area contributed by atoms with Gasteiger partial charge in [-0.15, -0.1) is 0 Å². The summed E-state index contributed by atoms with van der Waals surface area (Å²) in [7, 11) is 1.36. The van der Waals surface area contributed by atoms with Crippen molar-refractivity contribution in [2.75, 3.05) is 20.2 Å². The third-order valence-electron chi connectivity index (χ3n) is 5.47. The lowest BCUT2D eigenvalue weighted by Gasteiger charge is -2.38. The van der Waals surface area contributed by atoms with Crippen molar-refractivity contribution >= 4 is 34.5 Å². The van der Waals surface area contributed by atoms with Gasteiger partial charge in [-0.2, -0.15) is 0 Å². The van der Waals surface area contributed by atoms with Crippen molar-refractivity contribution < 1.29 is 14.3 Å². The molecule has 1 aromatic carbocycles. The van der Waals surface area contributed by atoms with Crippen LogP contribution < -0.4 is 0 Å². The molecule has 0 aliphatic carbocycles. The van der Waals surface area contributed by atoms with Gasteiger partial charge in [-0.25, -0.2) is 4.79 Å². The summed E-state index contributed by atoms with van der Waals surface area (Å²) in [5.74, 6) is 0.0112. The standard InChI is InChI=1S/C19H22ClN3O3/c1-26-19(25)23-9-3-2-7-16(23)18(24)22-10-8-15-13(11-22)12-5-4-6-14(20)17(12)21-15/h4-6,16,21H,2-3,7-11H2,1H3/t16-/m0/s1. The van der Waals surface area contributed by atoms with Gasteiger partial charge < -0.3 is 14.6 Å². The highest BCUT2D eigenvalue weighted by molar-refractivity contribution is 6.35. The van der Waals surface area contributed by atoms with E-state index in [9.17, 15) is 9.59 Å². The lowest BCUT2D eigenvalue weighted by molar-refractivity contribution is -0.138. The van der Waals surface area contributed by atoms with Crippen LogP contribution in [-0.4, -0.2) is 53.0 Å². The second-order valence-corrected chi connectivity index (χ2v) is 7.34. The van der Waals surface area contributed by atoms with Crippen molar-refractivity contribution in [2.24, 2.45) is 0 Å². The Labute approximate surface area is 157 Å². The number of methoxy groups -OCH3 is 1. The van der Waals surface area contributed by atoms with E-state index in [0.29, 0.717) is 31.1 Å². The molecule has 6 nitrogen and oxygen atoms in total. The van der Waals surface area contributed by atoms with Gasteiger partial charge in [-0.05, 0) is 25.3 Å². The van der Waals surface area contributed by atoms with Crippen molar-refractivity contribution in [3.8, 4) is 0 Å². The number of aromatic amines is 1. The predicted octanol–water partition coefficient (Wildman–Crippen LogP) is 3.33. The number of carbonyl (C=O) groups excluding carboxylic acids is 2. The van der Waals surface area contributed by atoms with Crippen LogP contribution in [0.15, 0.2) is 18.2 Å². The van der Waals surface area contributed by atoms with Crippen LogP contribution in [0.4, 0.5) is 4.79 Å². The first-order chi connectivity index (χ1) is 12.6. The summed E-state index contributed by atoms with van der Waals surface area (Å²) in [4.78, 5) is 32.1. The first-order valence-electron chi connectivity index (χ1n) is 9.01. The van der Waals surface area contributed by atoms with E-state index in [-0.39, 0.29) is 5.91 Å². The summed E-state index contributed by atoms with van der Waals surface area (Å²) in [6, 6.07) is 5.41. The third-order valence-corrected chi connectivity index (χ3v) is 5.78. The topological polar surface area (TPSA) is 65.6 Å². The number of nitrogens with one attached hydrogen (secondary N) is 1. The molecule has 138 valence electrons. The van der Waals surface area contributed by atoms with Crippen molar-refractivity contribution in [2.45, 2.75) is 38.3 Å². The largest absolute Gasteiger partial charge is 0.453 e. The number of ether oxygens (including phenoxy) is 1. The zero-order valence-corrected chi connectivity index (χ0v) is 15.5. The van der Waals surface area contributed by atoms with Gasteiger partial charge >= 0.3 is 6.09 Å². The quantitative estimate of drug-likeness (QED) is 0.831. The van der Waals surface area contributed by atoms with Gasteiger partial charge in [-0.1, -0.05) is 23.7 Å². The van der Waals surface area contributed by atoms with Crippen LogP contribution in [0.25, 0.3) is 10.9 Å². The lowest BCUT2D eigenvalue weighted by atomic mass is 9.99. The highest BCUT2D eigenvalue weighted by Gasteiger charge is 2.36. The Morgan fingerprint density at radius 3 is 2.92 bits per heavy atom. The summed E-state index contributed by atoms with van der Waals surface area (Å²) < 4.78 is 4.87. The second kappa shape index (κ2) is 6.83. The summed E-state index contributed by atoms with van der Waals surface area (Å²) in [5.41, 5.74) is 3.20. The second-order valence-electron chi connectivity index (χ2n) is 6.93. The Hall–Kier alpha value is -2.21. The van der Waals surface area contributed by atoms with Gasteiger partial charge in [0.05, 0.1) is 17.6 Å². The molecule has 3 heterocycles. The minimum absolute atomic E-state index is 0.0112. The molecule has 2 aliphatic rings. The molecule has 2 aromatic rings. The zero-order valence-electron chi connectivity index (χ0n) is 14.8. The van der Waals surface area contributed by atoms with Crippen LogP contribution in [0.5, 0.6) is 0 Å². The maximum Gasteiger partial charge on any atom is 0.410 e. The van der Waals surface area contributed by atoms with Gasteiger partial charge in [0.25, 0.3) is 0 Å². The van der Waals surface area contributed by atoms with E-state index >= 15 is 0 Å². The molecule has 1 aromatic heterocycles. The van der Waals surface area contributed by atoms with Crippen LogP contribution in [0.2, 0.25) is 5.02 Å². The number of likely N-dealkylation sites (tertiary alicyclic amines) is 1. The molecule has 26 heavy (non-hydrogen) atoms. The van der Waals surface area contributed by atoms with Crippen LogP contribution in [0.3, 0.4) is 0 Å². The molecular weight excluding hydrogens is 354 g/mol. The Balaban J connectivity index is 1.60. The number of H-pyrrole nitrogens is 1. The van der Waals surface area contributed by atoms with Gasteiger partial charge in [0.1, 0.15) is 6.04 Å². The van der Waals surface area contributed by atoms with Crippen LogP contribution in [0.1, 0.15) is 30.5 Å². The zero-order chi connectivity index (χ0) is 18.3. The average Bonchev–Trinajstić information content (AvgIpc) is 3.06. The van der Waals surface area contributed by atoms with E-state index in [1.165, 1.54) is 7.11 Å². The Bertz CT molecular complexity index is 863. The van der Waals surface area contributed by atoms with E-state index in [4.69, 9.17) is 16.3 Å².